The minimum Gasteiger partial charge on any atom is -0.491 e. The van der Waals surface area contributed by atoms with Crippen LogP contribution in [-0.4, -0.2) is 34.2 Å². The van der Waals surface area contributed by atoms with Gasteiger partial charge in [-0.3, -0.25) is 0 Å². The lowest BCUT2D eigenvalue weighted by molar-refractivity contribution is 0.240. The maximum atomic E-state index is 12.1. The highest BCUT2D eigenvalue weighted by atomic mass is 32.2. The largest absolute Gasteiger partial charge is 0.491 e. The summed E-state index contributed by atoms with van der Waals surface area (Å²) in [5, 5.41) is 3.07. The van der Waals surface area contributed by atoms with Crippen LogP contribution in [0.5, 0.6) is 5.75 Å². The molecule has 0 aliphatic carbocycles. The van der Waals surface area contributed by atoms with E-state index in [9.17, 15) is 8.42 Å². The number of hydrogen-bond donors (Lipinski definition) is 2. The van der Waals surface area contributed by atoms with Crippen LogP contribution >= 0.6 is 0 Å². The van der Waals surface area contributed by atoms with Crippen LogP contribution in [0.25, 0.3) is 0 Å². The number of sulfonamides is 1. The first-order valence-electron chi connectivity index (χ1n) is 6.84. The van der Waals surface area contributed by atoms with E-state index in [0.29, 0.717) is 18.8 Å². The summed E-state index contributed by atoms with van der Waals surface area (Å²) in [6.45, 7) is 9.50. The van der Waals surface area contributed by atoms with E-state index in [2.05, 4.69) is 10.0 Å². The van der Waals surface area contributed by atoms with E-state index in [1.165, 1.54) is 0 Å². The first-order valence-corrected chi connectivity index (χ1v) is 8.33. The van der Waals surface area contributed by atoms with Gasteiger partial charge in [0.1, 0.15) is 5.75 Å². The van der Waals surface area contributed by atoms with E-state index in [1.54, 1.807) is 18.2 Å². The Morgan fingerprint density at radius 1 is 1.25 bits per heavy atom. The molecular weight excluding hydrogens is 276 g/mol. The topological polar surface area (TPSA) is 67.4 Å². The zero-order valence-corrected chi connectivity index (χ0v) is 13.4. The Morgan fingerprint density at radius 3 is 2.50 bits per heavy atom. The molecule has 0 saturated heterocycles. The van der Waals surface area contributed by atoms with E-state index in [0.717, 1.165) is 12.1 Å². The molecule has 0 fully saturated rings. The average molecular weight is 300 g/mol. The van der Waals surface area contributed by atoms with Crippen molar-refractivity contribution in [3.8, 4) is 5.75 Å². The van der Waals surface area contributed by atoms with Gasteiger partial charge in [-0.05, 0) is 51.1 Å². The molecule has 2 N–H and O–H groups in total. The van der Waals surface area contributed by atoms with Crippen molar-refractivity contribution in [3.63, 3.8) is 0 Å². The smallest absolute Gasteiger partial charge is 0.240 e. The predicted octanol–water partition coefficient (Wildman–Crippen LogP) is 1.67. The minimum absolute atomic E-state index is 0.0643. The molecule has 0 saturated carbocycles. The van der Waals surface area contributed by atoms with Gasteiger partial charge < -0.3 is 10.1 Å². The molecule has 0 aliphatic heterocycles. The normalized spacial score (nSPS) is 11.8. The Labute approximate surface area is 121 Å². The molecule has 1 aromatic rings. The molecule has 0 radical (unpaired) electrons. The van der Waals surface area contributed by atoms with Crippen molar-refractivity contribution in [2.45, 2.75) is 38.7 Å². The van der Waals surface area contributed by atoms with Crippen LogP contribution in [-0.2, 0) is 10.0 Å². The molecule has 0 heterocycles. The van der Waals surface area contributed by atoms with Gasteiger partial charge in [-0.2, -0.15) is 0 Å². The number of hydrogen-bond acceptors (Lipinski definition) is 4. The Morgan fingerprint density at radius 2 is 1.95 bits per heavy atom. The first kappa shape index (κ1) is 16.9. The highest BCUT2D eigenvalue weighted by molar-refractivity contribution is 7.89. The van der Waals surface area contributed by atoms with Crippen molar-refractivity contribution < 1.29 is 13.2 Å². The number of ether oxygens (including phenoxy) is 1. The third kappa shape index (κ3) is 5.11. The van der Waals surface area contributed by atoms with Crippen LogP contribution in [0, 0.1) is 6.92 Å². The molecule has 5 nitrogen and oxygen atoms in total. The second-order valence-electron chi connectivity index (χ2n) is 4.85. The molecule has 114 valence electrons. The molecule has 0 unspecified atom stereocenters. The standard InChI is InChI=1S/C14H24N2O3S/c1-5-15-8-9-16-20(17,18)13-6-7-14(12(4)10-13)19-11(2)3/h6-7,10-11,15-16H,5,8-9H2,1-4H3. The minimum atomic E-state index is -3.45. The number of likely N-dealkylation sites (N-methyl/N-ethyl adjacent to an activating group) is 1. The highest BCUT2D eigenvalue weighted by Crippen LogP contribution is 2.22. The third-order valence-corrected chi connectivity index (χ3v) is 4.12. The number of aryl methyl sites for hydroxylation is 1. The van der Waals surface area contributed by atoms with Gasteiger partial charge in [-0.1, -0.05) is 6.92 Å². The van der Waals surface area contributed by atoms with Crippen LogP contribution in [0.4, 0.5) is 0 Å². The third-order valence-electron chi connectivity index (χ3n) is 2.66. The van der Waals surface area contributed by atoms with Crippen molar-refractivity contribution >= 4 is 10.0 Å². The van der Waals surface area contributed by atoms with Crippen molar-refractivity contribution in [2.75, 3.05) is 19.6 Å². The van der Waals surface area contributed by atoms with Gasteiger partial charge in [0, 0.05) is 13.1 Å². The summed E-state index contributed by atoms with van der Waals surface area (Å²) in [5.74, 6) is 0.714. The Balaban J connectivity index is 2.78. The molecule has 0 bridgehead atoms. The summed E-state index contributed by atoms with van der Waals surface area (Å²) in [6, 6.07) is 4.90. The van der Waals surface area contributed by atoms with Gasteiger partial charge in [-0.25, -0.2) is 13.1 Å². The fourth-order valence-electron chi connectivity index (χ4n) is 1.71. The summed E-state index contributed by atoms with van der Waals surface area (Å²) in [6.07, 6.45) is 0.0643. The van der Waals surface area contributed by atoms with Crippen molar-refractivity contribution in [3.05, 3.63) is 23.8 Å². The van der Waals surface area contributed by atoms with Crippen LogP contribution < -0.4 is 14.8 Å². The molecule has 0 amide bonds. The fraction of sp³-hybridized carbons (Fsp3) is 0.571. The summed E-state index contributed by atoms with van der Waals surface area (Å²) in [5.41, 5.74) is 0.813. The first-order chi connectivity index (χ1) is 9.36. The lowest BCUT2D eigenvalue weighted by Gasteiger charge is -2.14. The molecule has 6 heteroatoms. The summed E-state index contributed by atoms with van der Waals surface area (Å²) >= 11 is 0. The zero-order valence-electron chi connectivity index (χ0n) is 12.6. The maximum absolute atomic E-state index is 12.1. The van der Waals surface area contributed by atoms with Gasteiger partial charge in [0.05, 0.1) is 11.0 Å². The zero-order chi connectivity index (χ0) is 15.2. The lowest BCUT2D eigenvalue weighted by Crippen LogP contribution is -2.31. The monoisotopic (exact) mass is 300 g/mol. The van der Waals surface area contributed by atoms with Crippen LogP contribution in [0.2, 0.25) is 0 Å². The van der Waals surface area contributed by atoms with E-state index in [-0.39, 0.29) is 11.0 Å². The second-order valence-corrected chi connectivity index (χ2v) is 6.61. The Kier molecular flexibility index (Phi) is 6.45. The number of nitrogens with one attached hydrogen (secondary N) is 2. The van der Waals surface area contributed by atoms with E-state index < -0.39 is 10.0 Å². The predicted molar refractivity (Wildman–Crippen MR) is 80.7 cm³/mol. The van der Waals surface area contributed by atoms with Gasteiger partial charge in [-0.15, -0.1) is 0 Å². The summed E-state index contributed by atoms with van der Waals surface area (Å²) in [7, 11) is -3.45. The van der Waals surface area contributed by atoms with Gasteiger partial charge >= 0.3 is 0 Å². The number of benzene rings is 1. The molecule has 0 atom stereocenters. The molecule has 20 heavy (non-hydrogen) atoms. The van der Waals surface area contributed by atoms with Gasteiger partial charge in [0.25, 0.3) is 0 Å². The van der Waals surface area contributed by atoms with E-state index in [1.807, 2.05) is 27.7 Å². The Hall–Kier alpha value is -1.11. The van der Waals surface area contributed by atoms with Gasteiger partial charge in [0.15, 0.2) is 0 Å². The Bertz CT molecular complexity index is 527. The van der Waals surface area contributed by atoms with Crippen LogP contribution in [0.15, 0.2) is 23.1 Å². The molecule has 1 aromatic carbocycles. The average Bonchev–Trinajstić information content (AvgIpc) is 2.36. The molecule has 0 aromatic heterocycles. The van der Waals surface area contributed by atoms with Crippen molar-refractivity contribution in [1.29, 1.82) is 0 Å². The molecule has 0 aliphatic rings. The summed E-state index contributed by atoms with van der Waals surface area (Å²) < 4.78 is 32.4. The quantitative estimate of drug-likeness (QED) is 0.717. The lowest BCUT2D eigenvalue weighted by atomic mass is 10.2. The SMILES string of the molecule is CCNCCNS(=O)(=O)c1ccc(OC(C)C)c(C)c1. The van der Waals surface area contributed by atoms with E-state index >= 15 is 0 Å². The van der Waals surface area contributed by atoms with Gasteiger partial charge in [0.2, 0.25) is 10.0 Å². The molecular formula is C14H24N2O3S. The number of rotatable bonds is 8. The van der Waals surface area contributed by atoms with Crippen molar-refractivity contribution in [2.24, 2.45) is 0 Å². The van der Waals surface area contributed by atoms with Crippen molar-refractivity contribution in [1.82, 2.24) is 10.0 Å². The summed E-state index contributed by atoms with van der Waals surface area (Å²) in [4.78, 5) is 0.266. The second kappa shape index (κ2) is 7.61. The van der Waals surface area contributed by atoms with Crippen LogP contribution in [0.3, 0.4) is 0 Å². The van der Waals surface area contributed by atoms with E-state index in [4.69, 9.17) is 4.74 Å². The molecule has 1 rings (SSSR count). The highest BCUT2D eigenvalue weighted by Gasteiger charge is 2.15. The maximum Gasteiger partial charge on any atom is 0.240 e. The fourth-order valence-corrected chi connectivity index (χ4v) is 2.83. The molecule has 0 spiro atoms. The van der Waals surface area contributed by atoms with Crippen LogP contribution in [0.1, 0.15) is 26.3 Å².